The Morgan fingerprint density at radius 3 is 2.72 bits per heavy atom. The average molecular weight is 344 g/mol. The molecule has 0 radical (unpaired) electrons. The van der Waals surface area contributed by atoms with Gasteiger partial charge in [0, 0.05) is 7.05 Å². The Bertz CT molecular complexity index is 781. The van der Waals surface area contributed by atoms with E-state index in [-0.39, 0.29) is 11.9 Å². The first-order valence-corrected chi connectivity index (χ1v) is 8.31. The Kier molecular flexibility index (Phi) is 5.06. The third kappa shape index (κ3) is 3.67. The molecule has 2 aromatic heterocycles. The van der Waals surface area contributed by atoms with Crippen LogP contribution in [0.15, 0.2) is 12.1 Å². The van der Waals surface area contributed by atoms with Gasteiger partial charge in [0.25, 0.3) is 0 Å². The number of hydrogen-bond acceptors (Lipinski definition) is 7. The third-order valence-corrected chi connectivity index (χ3v) is 4.41. The summed E-state index contributed by atoms with van der Waals surface area (Å²) in [4.78, 5) is 37.7. The molecule has 25 heavy (non-hydrogen) atoms. The predicted octanol–water partition coefficient (Wildman–Crippen LogP) is 2.42. The van der Waals surface area contributed by atoms with Crippen LogP contribution in [0.2, 0.25) is 0 Å². The third-order valence-electron chi connectivity index (χ3n) is 4.41. The zero-order valence-corrected chi connectivity index (χ0v) is 14.3. The maximum Gasteiger partial charge on any atom is 0.358 e. The van der Waals surface area contributed by atoms with Crippen LogP contribution in [0.1, 0.15) is 48.3 Å². The van der Waals surface area contributed by atoms with Gasteiger partial charge in [-0.15, -0.1) is 5.10 Å². The highest BCUT2D eigenvalue weighted by atomic mass is 17.2. The molecule has 132 valence electrons. The molecule has 0 aliphatic heterocycles. The largest absolute Gasteiger partial charge is 0.358 e. The number of carbonyl (C=O) groups is 2. The van der Waals surface area contributed by atoms with Crippen molar-refractivity contribution in [1.82, 2.24) is 20.0 Å². The van der Waals surface area contributed by atoms with E-state index in [1.807, 2.05) is 0 Å². The molecule has 1 aliphatic carbocycles. The fourth-order valence-electron chi connectivity index (χ4n) is 2.94. The van der Waals surface area contributed by atoms with Gasteiger partial charge in [-0.3, -0.25) is 14.6 Å². The molecule has 1 fully saturated rings. The Morgan fingerprint density at radius 1 is 1.28 bits per heavy atom. The van der Waals surface area contributed by atoms with E-state index in [9.17, 15) is 9.59 Å². The van der Waals surface area contributed by atoms with E-state index in [1.165, 1.54) is 11.1 Å². The van der Waals surface area contributed by atoms with Crippen molar-refractivity contribution in [3.8, 4) is 17.1 Å². The van der Waals surface area contributed by atoms with Crippen molar-refractivity contribution in [2.45, 2.75) is 39.0 Å². The molecular formula is C17H20N4O4. The lowest BCUT2D eigenvalue weighted by Gasteiger charge is -2.19. The maximum atomic E-state index is 12.0. The second-order valence-corrected chi connectivity index (χ2v) is 6.17. The topological polar surface area (TPSA) is 96.2 Å². The maximum absolute atomic E-state index is 12.0. The molecule has 8 heteroatoms. The van der Waals surface area contributed by atoms with Crippen molar-refractivity contribution < 1.29 is 19.4 Å². The fourth-order valence-corrected chi connectivity index (χ4v) is 2.94. The summed E-state index contributed by atoms with van der Waals surface area (Å²) in [6.07, 6.45) is 5.64. The zero-order valence-electron chi connectivity index (χ0n) is 14.3. The Morgan fingerprint density at radius 2 is 2.04 bits per heavy atom. The minimum atomic E-state index is -0.333. The molecule has 0 unspecified atom stereocenters. The molecule has 0 spiro atoms. The quantitative estimate of drug-likeness (QED) is 0.467. The summed E-state index contributed by atoms with van der Waals surface area (Å²) in [5.74, 6) is -0.0687. The Hall–Kier alpha value is -2.77. The number of rotatable bonds is 5. The van der Waals surface area contributed by atoms with Gasteiger partial charge in [-0.05, 0) is 31.9 Å². The van der Waals surface area contributed by atoms with Gasteiger partial charge < -0.3 is 0 Å². The van der Waals surface area contributed by atoms with Crippen LogP contribution in [-0.4, -0.2) is 32.2 Å². The molecule has 0 saturated heterocycles. The highest BCUT2D eigenvalue weighted by Crippen LogP contribution is 2.26. The van der Waals surface area contributed by atoms with Crippen molar-refractivity contribution in [3.05, 3.63) is 23.5 Å². The van der Waals surface area contributed by atoms with Gasteiger partial charge in [-0.25, -0.2) is 14.5 Å². The molecule has 0 N–H and O–H groups in total. The van der Waals surface area contributed by atoms with Crippen LogP contribution in [0, 0.1) is 12.8 Å². The predicted molar refractivity (Wildman–Crippen MR) is 87.7 cm³/mol. The fraction of sp³-hybridized carbons (Fsp3) is 0.471. The molecule has 3 rings (SSSR count). The van der Waals surface area contributed by atoms with E-state index in [0.29, 0.717) is 34.8 Å². The summed E-state index contributed by atoms with van der Waals surface area (Å²) >= 11 is 0. The van der Waals surface area contributed by atoms with E-state index in [2.05, 4.69) is 15.3 Å². The number of pyridine rings is 1. The summed E-state index contributed by atoms with van der Waals surface area (Å²) in [6.45, 7) is 1.73. The van der Waals surface area contributed by atoms with Crippen LogP contribution in [0.3, 0.4) is 0 Å². The van der Waals surface area contributed by atoms with Crippen molar-refractivity contribution >= 4 is 12.3 Å². The summed E-state index contributed by atoms with van der Waals surface area (Å²) < 4.78 is 1.38. The summed E-state index contributed by atoms with van der Waals surface area (Å²) in [5, 5.41) is 7.78. The molecule has 0 bridgehead atoms. The summed E-state index contributed by atoms with van der Waals surface area (Å²) in [5.41, 5.74) is 1.76. The van der Waals surface area contributed by atoms with E-state index in [4.69, 9.17) is 9.78 Å². The smallest absolute Gasteiger partial charge is 0.296 e. The monoisotopic (exact) mass is 344 g/mol. The number of aldehydes is 1. The van der Waals surface area contributed by atoms with E-state index >= 15 is 0 Å². The van der Waals surface area contributed by atoms with Gasteiger partial charge in [0.15, 0.2) is 12.0 Å². The van der Waals surface area contributed by atoms with Crippen molar-refractivity contribution in [3.63, 3.8) is 0 Å². The zero-order chi connectivity index (χ0) is 17.8. The number of carbonyl (C=O) groups excluding carboxylic acids is 2. The molecule has 0 amide bonds. The van der Waals surface area contributed by atoms with Gasteiger partial charge >= 0.3 is 5.97 Å². The minimum Gasteiger partial charge on any atom is -0.296 e. The first-order chi connectivity index (χ1) is 12.1. The summed E-state index contributed by atoms with van der Waals surface area (Å²) in [7, 11) is 1.63. The SMILES string of the molecule is Cc1nc(-c2nnn(C)c2C=O)ccc1OOC(=O)C1CCCCC1. The minimum absolute atomic E-state index is 0.0870. The van der Waals surface area contributed by atoms with Crippen LogP contribution in [-0.2, 0) is 16.7 Å². The van der Waals surface area contributed by atoms with Crippen molar-refractivity contribution in [2.24, 2.45) is 13.0 Å². The number of hydrogen-bond donors (Lipinski definition) is 0. The van der Waals surface area contributed by atoms with Gasteiger partial charge in [0.1, 0.15) is 11.4 Å². The van der Waals surface area contributed by atoms with Gasteiger partial charge in [-0.1, -0.05) is 24.5 Å². The second kappa shape index (κ2) is 7.42. The highest BCUT2D eigenvalue weighted by Gasteiger charge is 2.24. The molecule has 8 nitrogen and oxygen atoms in total. The summed E-state index contributed by atoms with van der Waals surface area (Å²) in [6, 6.07) is 3.28. The van der Waals surface area contributed by atoms with Gasteiger partial charge in [0.2, 0.25) is 0 Å². The van der Waals surface area contributed by atoms with Crippen LogP contribution < -0.4 is 4.89 Å². The second-order valence-electron chi connectivity index (χ2n) is 6.17. The van der Waals surface area contributed by atoms with Gasteiger partial charge in [0.05, 0.1) is 17.3 Å². The molecule has 0 aromatic carbocycles. The lowest BCUT2D eigenvalue weighted by Crippen LogP contribution is -2.21. The van der Waals surface area contributed by atoms with Crippen LogP contribution in [0.25, 0.3) is 11.4 Å². The normalized spacial score (nSPS) is 15.0. The highest BCUT2D eigenvalue weighted by molar-refractivity contribution is 5.82. The van der Waals surface area contributed by atoms with Crippen LogP contribution in [0.4, 0.5) is 0 Å². The molecule has 1 aliphatic rings. The van der Waals surface area contributed by atoms with Gasteiger partial charge in [-0.2, -0.15) is 0 Å². The van der Waals surface area contributed by atoms with Crippen LogP contribution >= 0.6 is 0 Å². The average Bonchev–Trinajstić information content (AvgIpc) is 3.01. The van der Waals surface area contributed by atoms with E-state index in [1.54, 1.807) is 26.1 Å². The molecule has 1 saturated carbocycles. The Labute approximate surface area is 145 Å². The molecule has 2 aromatic rings. The van der Waals surface area contributed by atoms with Crippen molar-refractivity contribution in [2.75, 3.05) is 0 Å². The van der Waals surface area contributed by atoms with Crippen LogP contribution in [0.5, 0.6) is 5.75 Å². The lowest BCUT2D eigenvalue weighted by atomic mass is 9.89. The molecule has 2 heterocycles. The Balaban J connectivity index is 1.69. The first-order valence-electron chi connectivity index (χ1n) is 8.31. The number of aromatic nitrogens is 4. The van der Waals surface area contributed by atoms with Crippen molar-refractivity contribution in [1.29, 1.82) is 0 Å². The first kappa shape index (κ1) is 17.1. The number of nitrogens with zero attached hydrogens (tertiary/aromatic N) is 4. The van der Waals surface area contributed by atoms with E-state index < -0.39 is 0 Å². The molecule has 0 atom stereocenters. The molecular weight excluding hydrogens is 324 g/mol. The standard InChI is InChI=1S/C17H20N4O4/c1-11-15(24-25-17(23)12-6-4-3-5-7-12)9-8-13(18-11)16-14(10-22)21(2)20-19-16/h8-10,12H,3-7H2,1-2H3. The number of aryl methyl sites for hydroxylation is 2. The lowest BCUT2D eigenvalue weighted by molar-refractivity contribution is -0.220. The van der Waals surface area contributed by atoms with E-state index in [0.717, 1.165) is 25.7 Å².